The van der Waals surface area contributed by atoms with Gasteiger partial charge in [-0.05, 0) is 54.8 Å². The van der Waals surface area contributed by atoms with Crippen LogP contribution in [0.2, 0.25) is 0 Å². The Morgan fingerprint density at radius 1 is 1.00 bits per heavy atom. The highest BCUT2D eigenvalue weighted by atomic mass is 19.1. The highest BCUT2D eigenvalue weighted by Gasteiger charge is 2.50. The second-order valence-electron chi connectivity index (χ2n) is 7.27. The SMILES string of the molecule is O=C(Cc1cccc(-c2cccc(F)c2)n1)C1(c2ccc3c(c2)OCO3)CC1. The number of benzene rings is 2. The Balaban J connectivity index is 1.39. The van der Waals surface area contributed by atoms with Gasteiger partial charge in [-0.3, -0.25) is 9.78 Å². The van der Waals surface area contributed by atoms with E-state index in [1.807, 2.05) is 42.5 Å². The molecule has 2 heterocycles. The standard InChI is InChI=1S/C23H18FNO3/c24-17-4-1-3-15(11-17)19-6-2-5-18(25-19)13-22(26)23(9-10-23)16-7-8-20-21(12-16)28-14-27-20/h1-8,11-12H,9-10,13-14H2. The van der Waals surface area contributed by atoms with E-state index in [2.05, 4.69) is 4.98 Å². The van der Waals surface area contributed by atoms with Crippen molar-refractivity contribution in [1.29, 1.82) is 0 Å². The number of ketones is 1. The van der Waals surface area contributed by atoms with Crippen molar-refractivity contribution in [2.75, 3.05) is 6.79 Å². The Hall–Kier alpha value is -3.21. The van der Waals surface area contributed by atoms with Gasteiger partial charge in [-0.15, -0.1) is 0 Å². The van der Waals surface area contributed by atoms with E-state index in [1.165, 1.54) is 12.1 Å². The maximum atomic E-state index is 13.5. The fourth-order valence-corrected chi connectivity index (χ4v) is 3.77. The Bertz CT molecular complexity index is 1070. The molecular formula is C23H18FNO3. The monoisotopic (exact) mass is 375 g/mol. The minimum absolute atomic E-state index is 0.148. The van der Waals surface area contributed by atoms with Crippen molar-refractivity contribution in [1.82, 2.24) is 4.98 Å². The molecule has 5 rings (SSSR count). The molecule has 1 aliphatic carbocycles. The average Bonchev–Trinajstić information content (AvgIpc) is 3.39. The first-order valence-corrected chi connectivity index (χ1v) is 9.29. The highest BCUT2D eigenvalue weighted by Crippen LogP contribution is 2.51. The number of aromatic nitrogens is 1. The van der Waals surface area contributed by atoms with Crippen LogP contribution in [0.1, 0.15) is 24.1 Å². The van der Waals surface area contributed by atoms with Crippen molar-refractivity contribution in [3.05, 3.63) is 77.7 Å². The maximum Gasteiger partial charge on any atom is 0.231 e. The number of nitrogens with zero attached hydrogens (tertiary/aromatic N) is 1. The first-order chi connectivity index (χ1) is 13.6. The van der Waals surface area contributed by atoms with Crippen LogP contribution >= 0.6 is 0 Å². The van der Waals surface area contributed by atoms with Crippen LogP contribution < -0.4 is 9.47 Å². The van der Waals surface area contributed by atoms with E-state index in [1.54, 1.807) is 6.07 Å². The van der Waals surface area contributed by atoms with Gasteiger partial charge in [-0.1, -0.05) is 24.3 Å². The van der Waals surface area contributed by atoms with Crippen molar-refractivity contribution in [3.63, 3.8) is 0 Å². The van der Waals surface area contributed by atoms with Gasteiger partial charge in [0.25, 0.3) is 0 Å². The number of carbonyl (C=O) groups excluding carboxylic acids is 1. The summed E-state index contributed by atoms with van der Waals surface area (Å²) in [6.07, 6.45) is 1.90. The molecule has 1 saturated carbocycles. The largest absolute Gasteiger partial charge is 0.454 e. The lowest BCUT2D eigenvalue weighted by Gasteiger charge is -2.15. The first kappa shape index (κ1) is 16.9. The molecule has 3 aromatic rings. The lowest BCUT2D eigenvalue weighted by Crippen LogP contribution is -2.23. The second kappa shape index (κ2) is 6.44. The van der Waals surface area contributed by atoms with Gasteiger partial charge in [0.15, 0.2) is 11.5 Å². The van der Waals surface area contributed by atoms with E-state index in [0.717, 1.165) is 24.2 Å². The maximum absolute atomic E-state index is 13.5. The number of halogens is 1. The molecule has 1 aliphatic heterocycles. The second-order valence-corrected chi connectivity index (χ2v) is 7.27. The van der Waals surface area contributed by atoms with Gasteiger partial charge in [-0.2, -0.15) is 0 Å². The number of carbonyl (C=O) groups is 1. The van der Waals surface area contributed by atoms with Crippen LogP contribution in [0.5, 0.6) is 11.5 Å². The molecule has 1 aromatic heterocycles. The van der Waals surface area contributed by atoms with E-state index in [4.69, 9.17) is 9.47 Å². The molecule has 0 unspecified atom stereocenters. The van der Waals surface area contributed by atoms with Crippen LogP contribution in [-0.4, -0.2) is 17.6 Å². The van der Waals surface area contributed by atoms with Gasteiger partial charge in [0.05, 0.1) is 11.1 Å². The minimum Gasteiger partial charge on any atom is -0.454 e. The molecule has 5 heteroatoms. The van der Waals surface area contributed by atoms with Crippen molar-refractivity contribution < 1.29 is 18.7 Å². The molecule has 0 radical (unpaired) electrons. The Labute approximate surface area is 161 Å². The smallest absolute Gasteiger partial charge is 0.231 e. The highest BCUT2D eigenvalue weighted by molar-refractivity contribution is 5.94. The fraction of sp³-hybridized carbons (Fsp3) is 0.217. The predicted octanol–water partition coefficient (Wildman–Crippen LogP) is 4.46. The molecule has 0 atom stereocenters. The number of ether oxygens (including phenoxy) is 2. The Kier molecular flexibility index (Phi) is 3.90. The quantitative estimate of drug-likeness (QED) is 0.661. The predicted molar refractivity (Wildman–Crippen MR) is 102 cm³/mol. The third kappa shape index (κ3) is 2.93. The van der Waals surface area contributed by atoms with Crippen LogP contribution in [-0.2, 0) is 16.6 Å². The molecule has 0 spiro atoms. The van der Waals surface area contributed by atoms with Gasteiger partial charge >= 0.3 is 0 Å². The zero-order valence-corrected chi connectivity index (χ0v) is 15.2. The van der Waals surface area contributed by atoms with Crippen LogP contribution in [0.3, 0.4) is 0 Å². The van der Waals surface area contributed by atoms with Crippen LogP contribution in [0, 0.1) is 5.82 Å². The summed E-state index contributed by atoms with van der Waals surface area (Å²) in [5.74, 6) is 1.26. The number of Topliss-reactive ketones (excluding diaryl/α,β-unsaturated/α-hetero) is 1. The lowest BCUT2D eigenvalue weighted by atomic mass is 9.88. The molecule has 0 bridgehead atoms. The normalized spacial score (nSPS) is 16.0. The Morgan fingerprint density at radius 2 is 1.82 bits per heavy atom. The zero-order chi connectivity index (χ0) is 19.1. The summed E-state index contributed by atoms with van der Waals surface area (Å²) in [6, 6.07) is 17.6. The average molecular weight is 375 g/mol. The molecule has 0 N–H and O–H groups in total. The van der Waals surface area contributed by atoms with Gasteiger partial charge < -0.3 is 9.47 Å². The molecule has 140 valence electrons. The number of pyridine rings is 1. The summed E-state index contributed by atoms with van der Waals surface area (Å²) >= 11 is 0. The van der Waals surface area contributed by atoms with Gasteiger partial charge in [0, 0.05) is 17.7 Å². The number of rotatable bonds is 5. The van der Waals surface area contributed by atoms with Crippen LogP contribution in [0.15, 0.2) is 60.7 Å². The van der Waals surface area contributed by atoms with E-state index in [0.29, 0.717) is 22.7 Å². The van der Waals surface area contributed by atoms with Gasteiger partial charge in [-0.25, -0.2) is 4.39 Å². The summed E-state index contributed by atoms with van der Waals surface area (Å²) in [4.78, 5) is 17.7. The third-order valence-electron chi connectivity index (χ3n) is 5.48. The summed E-state index contributed by atoms with van der Waals surface area (Å²) in [5, 5.41) is 0. The van der Waals surface area contributed by atoms with Crippen molar-refractivity contribution in [3.8, 4) is 22.8 Å². The third-order valence-corrected chi connectivity index (χ3v) is 5.48. The van der Waals surface area contributed by atoms with Crippen molar-refractivity contribution >= 4 is 5.78 Å². The molecule has 2 aromatic carbocycles. The number of hydrogen-bond acceptors (Lipinski definition) is 4. The van der Waals surface area contributed by atoms with Crippen molar-refractivity contribution in [2.45, 2.75) is 24.7 Å². The van der Waals surface area contributed by atoms with E-state index < -0.39 is 5.41 Å². The number of hydrogen-bond donors (Lipinski definition) is 0. The van der Waals surface area contributed by atoms with Crippen LogP contribution in [0.25, 0.3) is 11.3 Å². The molecular weight excluding hydrogens is 357 g/mol. The van der Waals surface area contributed by atoms with E-state index in [9.17, 15) is 9.18 Å². The fourth-order valence-electron chi connectivity index (χ4n) is 3.77. The van der Waals surface area contributed by atoms with Gasteiger partial charge in [0.1, 0.15) is 11.6 Å². The Morgan fingerprint density at radius 3 is 2.64 bits per heavy atom. The molecule has 28 heavy (non-hydrogen) atoms. The van der Waals surface area contributed by atoms with E-state index >= 15 is 0 Å². The molecule has 1 fully saturated rings. The van der Waals surface area contributed by atoms with Gasteiger partial charge in [0.2, 0.25) is 6.79 Å². The van der Waals surface area contributed by atoms with Crippen molar-refractivity contribution in [2.24, 2.45) is 0 Å². The molecule has 2 aliphatic rings. The summed E-state index contributed by atoms with van der Waals surface area (Å²) < 4.78 is 24.3. The summed E-state index contributed by atoms with van der Waals surface area (Å²) in [5.41, 5.74) is 2.57. The molecule has 0 amide bonds. The summed E-state index contributed by atoms with van der Waals surface area (Å²) in [7, 11) is 0. The lowest BCUT2D eigenvalue weighted by molar-refractivity contribution is -0.120. The first-order valence-electron chi connectivity index (χ1n) is 9.29. The number of fused-ring (bicyclic) bond motifs is 1. The molecule has 4 nitrogen and oxygen atoms in total. The topological polar surface area (TPSA) is 48.4 Å². The minimum atomic E-state index is -0.461. The summed E-state index contributed by atoms with van der Waals surface area (Å²) in [6.45, 7) is 0.219. The molecule has 0 saturated heterocycles. The van der Waals surface area contributed by atoms with Crippen LogP contribution in [0.4, 0.5) is 4.39 Å². The van der Waals surface area contributed by atoms with E-state index in [-0.39, 0.29) is 24.8 Å². The zero-order valence-electron chi connectivity index (χ0n) is 15.2.